The van der Waals surface area contributed by atoms with Crippen molar-refractivity contribution >= 4 is 11.4 Å². The third-order valence-corrected chi connectivity index (χ3v) is 3.89. The summed E-state index contributed by atoms with van der Waals surface area (Å²) in [6.07, 6.45) is 0. The summed E-state index contributed by atoms with van der Waals surface area (Å²) in [5.41, 5.74) is 9.25. The van der Waals surface area contributed by atoms with Gasteiger partial charge < -0.3 is 10.5 Å². The molecular weight excluding hydrogens is 332 g/mol. The topological polar surface area (TPSA) is 115 Å². The fourth-order valence-electron chi connectivity index (χ4n) is 2.57. The highest BCUT2D eigenvalue weighted by molar-refractivity contribution is 5.78. The largest absolute Gasteiger partial charge is 0.480 e. The lowest BCUT2D eigenvalue weighted by Crippen LogP contribution is -1.98. The van der Waals surface area contributed by atoms with Crippen molar-refractivity contribution in [3.8, 4) is 34.3 Å². The third kappa shape index (κ3) is 3.16. The highest BCUT2D eigenvalue weighted by Gasteiger charge is 2.16. The van der Waals surface area contributed by atoms with E-state index >= 15 is 0 Å². The summed E-state index contributed by atoms with van der Waals surface area (Å²) >= 11 is 0. The number of nitriles is 1. The number of methoxy groups -OCH3 is 1. The van der Waals surface area contributed by atoms with E-state index in [0.29, 0.717) is 22.5 Å². The van der Waals surface area contributed by atoms with Gasteiger partial charge in [0, 0.05) is 28.9 Å². The Balaban J connectivity index is 2.19. The maximum absolute atomic E-state index is 10.9. The van der Waals surface area contributed by atoms with Gasteiger partial charge in [-0.2, -0.15) is 5.26 Å². The van der Waals surface area contributed by atoms with Crippen molar-refractivity contribution in [2.24, 2.45) is 0 Å². The van der Waals surface area contributed by atoms with E-state index in [4.69, 9.17) is 10.5 Å². The number of nitro benzene ring substituents is 1. The predicted octanol–water partition coefficient (Wildman–Crippen LogP) is 3.79. The Labute approximate surface area is 149 Å². The second kappa shape index (κ2) is 6.91. The molecule has 2 N–H and O–H groups in total. The van der Waals surface area contributed by atoms with Gasteiger partial charge >= 0.3 is 0 Å². The number of anilines is 1. The first-order chi connectivity index (χ1) is 12.5. The zero-order valence-electron chi connectivity index (χ0n) is 13.8. The van der Waals surface area contributed by atoms with Crippen LogP contribution in [-0.4, -0.2) is 17.0 Å². The van der Waals surface area contributed by atoms with Crippen LogP contribution < -0.4 is 10.5 Å². The zero-order valence-corrected chi connectivity index (χ0v) is 13.8. The van der Waals surface area contributed by atoms with Gasteiger partial charge in [-0.15, -0.1) is 0 Å². The number of benzene rings is 2. The van der Waals surface area contributed by atoms with Crippen LogP contribution in [0.15, 0.2) is 54.6 Å². The smallest absolute Gasteiger partial charge is 0.269 e. The van der Waals surface area contributed by atoms with Crippen LogP contribution in [0.2, 0.25) is 0 Å². The minimum Gasteiger partial charge on any atom is -0.480 e. The standard InChI is InChI=1S/C19H14N4O3/c1-26-19-17(11-20)16(12-4-8-15(9-5-12)23(24)25)10-18(22-19)13-2-6-14(21)7-3-13/h2-10H,21H2,1H3. The van der Waals surface area contributed by atoms with E-state index in [1.54, 1.807) is 30.3 Å². The first-order valence-corrected chi connectivity index (χ1v) is 7.63. The first-order valence-electron chi connectivity index (χ1n) is 7.63. The van der Waals surface area contributed by atoms with Gasteiger partial charge in [0.05, 0.1) is 17.7 Å². The van der Waals surface area contributed by atoms with Crippen molar-refractivity contribution in [2.45, 2.75) is 0 Å². The summed E-state index contributed by atoms with van der Waals surface area (Å²) in [5.74, 6) is 0.190. The van der Waals surface area contributed by atoms with Crippen molar-refractivity contribution in [3.05, 3.63) is 70.3 Å². The van der Waals surface area contributed by atoms with Crippen molar-refractivity contribution in [2.75, 3.05) is 12.8 Å². The van der Waals surface area contributed by atoms with Gasteiger partial charge in [-0.05, 0) is 35.9 Å². The number of nitro groups is 1. The lowest BCUT2D eigenvalue weighted by molar-refractivity contribution is -0.384. The van der Waals surface area contributed by atoms with E-state index in [9.17, 15) is 15.4 Å². The minimum atomic E-state index is -0.470. The van der Waals surface area contributed by atoms with Crippen LogP contribution in [0.4, 0.5) is 11.4 Å². The fourth-order valence-corrected chi connectivity index (χ4v) is 2.57. The number of nitrogens with two attached hydrogens (primary N) is 1. The Morgan fingerprint density at radius 2 is 1.73 bits per heavy atom. The highest BCUT2D eigenvalue weighted by Crippen LogP contribution is 2.34. The zero-order chi connectivity index (χ0) is 18.7. The molecular formula is C19H14N4O3. The van der Waals surface area contributed by atoms with Gasteiger partial charge in [0.1, 0.15) is 11.6 Å². The van der Waals surface area contributed by atoms with E-state index in [1.807, 2.05) is 12.1 Å². The Kier molecular flexibility index (Phi) is 4.50. The molecule has 3 rings (SSSR count). The molecule has 0 bridgehead atoms. The summed E-state index contributed by atoms with van der Waals surface area (Å²) in [4.78, 5) is 14.8. The number of hydrogen-bond acceptors (Lipinski definition) is 6. The van der Waals surface area contributed by atoms with Crippen molar-refractivity contribution < 1.29 is 9.66 Å². The molecule has 7 heteroatoms. The van der Waals surface area contributed by atoms with E-state index in [0.717, 1.165) is 5.56 Å². The molecule has 26 heavy (non-hydrogen) atoms. The van der Waals surface area contributed by atoms with Crippen LogP contribution >= 0.6 is 0 Å². The Morgan fingerprint density at radius 1 is 1.12 bits per heavy atom. The summed E-state index contributed by atoms with van der Waals surface area (Å²) in [6, 6.07) is 17.0. The molecule has 0 spiro atoms. The number of ether oxygens (including phenoxy) is 1. The predicted molar refractivity (Wildman–Crippen MR) is 97.4 cm³/mol. The van der Waals surface area contributed by atoms with Gasteiger partial charge in [0.2, 0.25) is 5.88 Å². The molecule has 0 aliphatic carbocycles. The van der Waals surface area contributed by atoms with Gasteiger partial charge in [-0.1, -0.05) is 12.1 Å². The number of rotatable bonds is 4. The highest BCUT2D eigenvalue weighted by atomic mass is 16.6. The number of pyridine rings is 1. The molecule has 128 valence electrons. The van der Waals surface area contributed by atoms with E-state index < -0.39 is 4.92 Å². The van der Waals surface area contributed by atoms with E-state index in [-0.39, 0.29) is 17.1 Å². The number of hydrogen-bond donors (Lipinski definition) is 1. The van der Waals surface area contributed by atoms with Crippen LogP contribution in [-0.2, 0) is 0 Å². The first kappa shape index (κ1) is 16.9. The molecule has 0 fully saturated rings. The monoisotopic (exact) mass is 346 g/mol. The van der Waals surface area contributed by atoms with E-state index in [2.05, 4.69) is 11.1 Å². The lowest BCUT2D eigenvalue weighted by atomic mass is 9.98. The Morgan fingerprint density at radius 3 is 2.27 bits per heavy atom. The minimum absolute atomic E-state index is 0.0213. The molecule has 0 amide bonds. The third-order valence-electron chi connectivity index (χ3n) is 3.89. The molecule has 1 aromatic heterocycles. The Hall–Kier alpha value is -3.92. The number of non-ortho nitro benzene ring substituents is 1. The van der Waals surface area contributed by atoms with Gasteiger partial charge in [0.15, 0.2) is 0 Å². The van der Waals surface area contributed by atoms with Crippen molar-refractivity contribution in [3.63, 3.8) is 0 Å². The maximum atomic E-state index is 10.9. The maximum Gasteiger partial charge on any atom is 0.269 e. The normalized spacial score (nSPS) is 10.2. The summed E-state index contributed by atoms with van der Waals surface area (Å²) in [7, 11) is 1.44. The van der Waals surface area contributed by atoms with Gasteiger partial charge in [-0.3, -0.25) is 10.1 Å². The molecule has 0 saturated carbocycles. The molecule has 2 aromatic carbocycles. The van der Waals surface area contributed by atoms with Crippen LogP contribution in [0, 0.1) is 21.4 Å². The lowest BCUT2D eigenvalue weighted by Gasteiger charge is -2.11. The van der Waals surface area contributed by atoms with Crippen LogP contribution in [0.25, 0.3) is 22.4 Å². The van der Waals surface area contributed by atoms with Crippen molar-refractivity contribution in [1.82, 2.24) is 4.98 Å². The van der Waals surface area contributed by atoms with Gasteiger partial charge in [-0.25, -0.2) is 4.98 Å². The summed E-state index contributed by atoms with van der Waals surface area (Å²) in [6.45, 7) is 0. The molecule has 7 nitrogen and oxygen atoms in total. The molecule has 1 heterocycles. The number of aromatic nitrogens is 1. The molecule has 0 saturated heterocycles. The molecule has 0 aliphatic rings. The second-order valence-corrected chi connectivity index (χ2v) is 5.48. The molecule has 0 unspecified atom stereocenters. The van der Waals surface area contributed by atoms with E-state index in [1.165, 1.54) is 19.2 Å². The van der Waals surface area contributed by atoms with Crippen LogP contribution in [0.1, 0.15) is 5.56 Å². The Bertz CT molecular complexity index is 1010. The van der Waals surface area contributed by atoms with Crippen LogP contribution in [0.5, 0.6) is 5.88 Å². The summed E-state index contributed by atoms with van der Waals surface area (Å²) < 4.78 is 5.28. The van der Waals surface area contributed by atoms with Crippen LogP contribution in [0.3, 0.4) is 0 Å². The molecule has 3 aromatic rings. The molecule has 0 atom stereocenters. The number of nitrogen functional groups attached to an aromatic ring is 1. The molecule has 0 aliphatic heterocycles. The van der Waals surface area contributed by atoms with Gasteiger partial charge in [0.25, 0.3) is 5.69 Å². The summed E-state index contributed by atoms with van der Waals surface area (Å²) in [5, 5.41) is 20.4. The molecule has 0 radical (unpaired) electrons. The second-order valence-electron chi connectivity index (χ2n) is 5.48. The average Bonchev–Trinajstić information content (AvgIpc) is 2.67. The number of nitrogens with zero attached hydrogens (tertiary/aromatic N) is 3. The average molecular weight is 346 g/mol. The quantitative estimate of drug-likeness (QED) is 0.436. The fraction of sp³-hybridized carbons (Fsp3) is 0.0526. The SMILES string of the molecule is COc1nc(-c2ccc(N)cc2)cc(-c2ccc([N+](=O)[O-])cc2)c1C#N. The van der Waals surface area contributed by atoms with Crippen molar-refractivity contribution in [1.29, 1.82) is 5.26 Å².